The van der Waals surface area contributed by atoms with E-state index >= 15 is 0 Å². The van der Waals surface area contributed by atoms with E-state index in [1.165, 1.54) is 0 Å². The molecule has 0 saturated heterocycles. The number of H-pyrrole nitrogens is 1. The van der Waals surface area contributed by atoms with Crippen LogP contribution in [0.15, 0.2) is 24.3 Å². The molecule has 0 fully saturated rings. The van der Waals surface area contributed by atoms with Crippen molar-refractivity contribution in [1.82, 2.24) is 9.97 Å². The molecular formula is C14H15ClN2S. The highest BCUT2D eigenvalue weighted by Crippen LogP contribution is 2.27. The van der Waals surface area contributed by atoms with Crippen LogP contribution in [0.3, 0.4) is 0 Å². The van der Waals surface area contributed by atoms with Crippen LogP contribution in [-0.2, 0) is 0 Å². The molecule has 2 rings (SSSR count). The molecule has 4 heteroatoms. The van der Waals surface area contributed by atoms with E-state index < -0.39 is 0 Å². The Hall–Kier alpha value is -1.19. The molecule has 0 spiro atoms. The lowest BCUT2D eigenvalue weighted by Crippen LogP contribution is -2.01. The van der Waals surface area contributed by atoms with Gasteiger partial charge in [0.25, 0.3) is 0 Å². The highest BCUT2D eigenvalue weighted by atomic mass is 35.5. The molecule has 0 saturated carbocycles. The van der Waals surface area contributed by atoms with Crippen molar-refractivity contribution < 1.29 is 0 Å². The van der Waals surface area contributed by atoms with Crippen molar-refractivity contribution in [1.29, 1.82) is 0 Å². The van der Waals surface area contributed by atoms with Crippen LogP contribution in [0.2, 0.25) is 5.02 Å². The van der Waals surface area contributed by atoms with Crippen molar-refractivity contribution in [3.8, 4) is 11.4 Å². The van der Waals surface area contributed by atoms with Gasteiger partial charge in [-0.3, -0.25) is 0 Å². The Morgan fingerprint density at radius 1 is 1.28 bits per heavy atom. The van der Waals surface area contributed by atoms with E-state index in [0.717, 1.165) is 22.6 Å². The molecule has 0 amide bonds. The van der Waals surface area contributed by atoms with Gasteiger partial charge in [0.15, 0.2) is 0 Å². The maximum absolute atomic E-state index is 6.17. The Kier molecular flexibility index (Phi) is 3.83. The summed E-state index contributed by atoms with van der Waals surface area (Å²) in [6.45, 7) is 6.25. The molecule has 0 aliphatic rings. The van der Waals surface area contributed by atoms with Crippen LogP contribution in [0.1, 0.15) is 31.0 Å². The van der Waals surface area contributed by atoms with Crippen LogP contribution in [-0.4, -0.2) is 9.97 Å². The first-order valence-corrected chi connectivity index (χ1v) is 6.65. The van der Waals surface area contributed by atoms with Gasteiger partial charge in [0.05, 0.1) is 5.02 Å². The third-order valence-corrected chi connectivity index (χ3v) is 3.50. The second-order valence-corrected chi connectivity index (χ2v) is 5.36. The maximum atomic E-state index is 6.17. The van der Waals surface area contributed by atoms with Crippen molar-refractivity contribution in [3.63, 3.8) is 0 Å². The number of nitrogens with one attached hydrogen (secondary N) is 1. The van der Waals surface area contributed by atoms with Crippen LogP contribution >= 0.6 is 23.8 Å². The summed E-state index contributed by atoms with van der Waals surface area (Å²) >= 11 is 11.5. The van der Waals surface area contributed by atoms with Gasteiger partial charge in [-0.15, -0.1) is 0 Å². The first kappa shape index (κ1) is 13.2. The zero-order valence-electron chi connectivity index (χ0n) is 10.6. The van der Waals surface area contributed by atoms with Crippen LogP contribution in [0.5, 0.6) is 0 Å². The molecule has 0 aliphatic carbocycles. The molecule has 1 aromatic heterocycles. The highest BCUT2D eigenvalue weighted by molar-refractivity contribution is 7.71. The average molecular weight is 279 g/mol. The molecule has 1 aromatic carbocycles. The van der Waals surface area contributed by atoms with Crippen molar-refractivity contribution in [3.05, 3.63) is 45.2 Å². The Labute approximate surface area is 117 Å². The third kappa shape index (κ3) is 2.47. The quantitative estimate of drug-likeness (QED) is 0.792. The second kappa shape index (κ2) is 5.21. The predicted molar refractivity (Wildman–Crippen MR) is 78.7 cm³/mol. The summed E-state index contributed by atoms with van der Waals surface area (Å²) in [5, 5.41) is 0.673. The van der Waals surface area contributed by atoms with E-state index in [9.17, 15) is 0 Å². The SMILES string of the molecule is Cc1[nH]c(-c2ccccc2Cl)nc(=S)c1C(C)C. The zero-order valence-corrected chi connectivity index (χ0v) is 12.2. The lowest BCUT2D eigenvalue weighted by Gasteiger charge is -2.12. The van der Waals surface area contributed by atoms with Gasteiger partial charge < -0.3 is 4.98 Å². The smallest absolute Gasteiger partial charge is 0.140 e. The number of halogens is 1. The third-order valence-electron chi connectivity index (χ3n) is 2.86. The van der Waals surface area contributed by atoms with Crippen molar-refractivity contribution >= 4 is 23.8 Å². The zero-order chi connectivity index (χ0) is 13.3. The predicted octanol–water partition coefficient (Wildman–Crippen LogP) is 4.89. The fourth-order valence-corrected chi connectivity index (χ4v) is 2.76. The lowest BCUT2D eigenvalue weighted by molar-refractivity contribution is 0.825. The average Bonchev–Trinajstić information content (AvgIpc) is 2.27. The minimum Gasteiger partial charge on any atom is -0.343 e. The monoisotopic (exact) mass is 278 g/mol. The molecule has 2 aromatic rings. The number of aryl methyl sites for hydroxylation is 1. The standard InChI is InChI=1S/C14H15ClN2S/c1-8(2)12-9(3)16-13(17-14(12)18)10-6-4-5-7-11(10)15/h4-8H,1-3H3,(H,16,17,18). The molecule has 0 aliphatic heterocycles. The topological polar surface area (TPSA) is 28.7 Å². The lowest BCUT2D eigenvalue weighted by atomic mass is 10.0. The fourth-order valence-electron chi connectivity index (χ4n) is 2.06. The Morgan fingerprint density at radius 3 is 2.50 bits per heavy atom. The first-order chi connectivity index (χ1) is 8.50. The number of hydrogen-bond acceptors (Lipinski definition) is 2. The summed E-state index contributed by atoms with van der Waals surface area (Å²) in [6, 6.07) is 7.62. The number of aromatic nitrogens is 2. The van der Waals surface area contributed by atoms with Gasteiger partial charge in [-0.2, -0.15) is 0 Å². The molecule has 1 heterocycles. The van der Waals surface area contributed by atoms with Gasteiger partial charge in [0, 0.05) is 16.8 Å². The van der Waals surface area contributed by atoms with Crippen molar-refractivity contribution in [2.75, 3.05) is 0 Å². The maximum Gasteiger partial charge on any atom is 0.140 e. The summed E-state index contributed by atoms with van der Waals surface area (Å²) < 4.78 is 0.649. The van der Waals surface area contributed by atoms with E-state index in [-0.39, 0.29) is 0 Å². The van der Waals surface area contributed by atoms with Crippen LogP contribution in [0.25, 0.3) is 11.4 Å². The van der Waals surface area contributed by atoms with Gasteiger partial charge in [-0.1, -0.05) is 49.8 Å². The molecule has 94 valence electrons. The Morgan fingerprint density at radius 2 is 1.94 bits per heavy atom. The van der Waals surface area contributed by atoms with Crippen LogP contribution < -0.4 is 0 Å². The number of hydrogen-bond donors (Lipinski definition) is 1. The van der Waals surface area contributed by atoms with Gasteiger partial charge in [-0.05, 0) is 25.0 Å². The summed E-state index contributed by atoms with van der Waals surface area (Å²) in [5.74, 6) is 1.09. The fraction of sp³-hybridized carbons (Fsp3) is 0.286. The summed E-state index contributed by atoms with van der Waals surface area (Å²) in [7, 11) is 0. The molecule has 0 bridgehead atoms. The number of benzene rings is 1. The van der Waals surface area contributed by atoms with Crippen molar-refractivity contribution in [2.24, 2.45) is 0 Å². The molecule has 0 atom stereocenters. The summed E-state index contributed by atoms with van der Waals surface area (Å²) in [6.07, 6.45) is 0. The number of aromatic amines is 1. The largest absolute Gasteiger partial charge is 0.343 e. The Bertz CT molecular complexity index is 632. The molecule has 0 radical (unpaired) electrons. The minimum absolute atomic E-state index is 0.363. The number of nitrogens with zero attached hydrogens (tertiary/aromatic N) is 1. The van der Waals surface area contributed by atoms with E-state index in [0.29, 0.717) is 15.6 Å². The van der Waals surface area contributed by atoms with Crippen LogP contribution in [0, 0.1) is 11.6 Å². The first-order valence-electron chi connectivity index (χ1n) is 5.86. The number of rotatable bonds is 2. The van der Waals surface area contributed by atoms with Gasteiger partial charge in [0.2, 0.25) is 0 Å². The van der Waals surface area contributed by atoms with E-state index in [1.54, 1.807) is 0 Å². The van der Waals surface area contributed by atoms with Crippen LogP contribution in [0.4, 0.5) is 0 Å². The molecular weight excluding hydrogens is 264 g/mol. The second-order valence-electron chi connectivity index (χ2n) is 4.56. The van der Waals surface area contributed by atoms with Gasteiger partial charge in [0.1, 0.15) is 10.5 Å². The van der Waals surface area contributed by atoms with Gasteiger partial charge in [-0.25, -0.2) is 4.98 Å². The molecule has 0 unspecified atom stereocenters. The normalized spacial score (nSPS) is 10.9. The molecule has 18 heavy (non-hydrogen) atoms. The van der Waals surface area contributed by atoms with Gasteiger partial charge >= 0.3 is 0 Å². The van der Waals surface area contributed by atoms with Crippen molar-refractivity contribution in [2.45, 2.75) is 26.7 Å². The molecule has 1 N–H and O–H groups in total. The minimum atomic E-state index is 0.363. The highest BCUT2D eigenvalue weighted by Gasteiger charge is 2.11. The van der Waals surface area contributed by atoms with E-state index in [4.69, 9.17) is 23.8 Å². The molecule has 2 nitrogen and oxygen atoms in total. The van der Waals surface area contributed by atoms with E-state index in [2.05, 4.69) is 23.8 Å². The summed E-state index contributed by atoms with van der Waals surface area (Å²) in [4.78, 5) is 7.75. The Balaban J connectivity index is 2.63. The van der Waals surface area contributed by atoms with E-state index in [1.807, 2.05) is 31.2 Å². The summed E-state index contributed by atoms with van der Waals surface area (Å²) in [5.41, 5.74) is 3.03.